The molecule has 94 valence electrons. The quantitative estimate of drug-likeness (QED) is 0.586. The molecule has 0 bridgehead atoms. The molecule has 0 fully saturated rings. The Labute approximate surface area is 99.8 Å². The van der Waals surface area contributed by atoms with Crippen molar-refractivity contribution in [3.63, 3.8) is 0 Å². The van der Waals surface area contributed by atoms with E-state index in [-0.39, 0.29) is 11.5 Å². The van der Waals surface area contributed by atoms with Gasteiger partial charge in [0.15, 0.2) is 0 Å². The van der Waals surface area contributed by atoms with Crippen LogP contribution in [0.2, 0.25) is 0 Å². The zero-order valence-electron chi connectivity index (χ0n) is 10.2. The standard InChI is InChI=1S/C10H17N5O2/c1-7(14(2)3)6-12-9-5-4-8(15(16)17)10(11)13-9/h4-5,7H,6H2,1-3H3,(H3,11,12,13). The van der Waals surface area contributed by atoms with E-state index in [1.165, 1.54) is 6.07 Å². The Kier molecular flexibility index (Phi) is 4.22. The van der Waals surface area contributed by atoms with Crippen LogP contribution in [0, 0.1) is 10.1 Å². The number of nitro groups is 1. The molecule has 0 saturated heterocycles. The van der Waals surface area contributed by atoms with Crippen LogP contribution in [-0.4, -0.2) is 41.5 Å². The Bertz CT molecular complexity index is 408. The van der Waals surface area contributed by atoms with Crippen LogP contribution in [0.25, 0.3) is 0 Å². The first kappa shape index (κ1) is 13.2. The maximum absolute atomic E-state index is 10.5. The molecule has 17 heavy (non-hydrogen) atoms. The van der Waals surface area contributed by atoms with E-state index in [1.807, 2.05) is 14.1 Å². The van der Waals surface area contributed by atoms with Gasteiger partial charge in [-0.2, -0.15) is 0 Å². The third-order valence-corrected chi connectivity index (χ3v) is 2.56. The molecule has 1 aromatic heterocycles. The molecule has 0 spiro atoms. The second-order valence-corrected chi connectivity index (χ2v) is 4.05. The van der Waals surface area contributed by atoms with Gasteiger partial charge in [-0.05, 0) is 27.1 Å². The fourth-order valence-electron chi connectivity index (χ4n) is 1.16. The SMILES string of the molecule is CC(CNc1ccc([N+](=O)[O-])c(N)n1)N(C)C. The highest BCUT2D eigenvalue weighted by molar-refractivity contribution is 5.57. The van der Waals surface area contributed by atoms with E-state index in [9.17, 15) is 10.1 Å². The minimum atomic E-state index is -0.547. The molecular formula is C10H17N5O2. The summed E-state index contributed by atoms with van der Waals surface area (Å²) in [5, 5.41) is 13.6. The Morgan fingerprint density at radius 3 is 2.71 bits per heavy atom. The number of nitrogens with one attached hydrogen (secondary N) is 1. The molecule has 0 aromatic carbocycles. The lowest BCUT2D eigenvalue weighted by atomic mass is 10.3. The van der Waals surface area contributed by atoms with Crippen LogP contribution in [0.3, 0.4) is 0 Å². The van der Waals surface area contributed by atoms with Gasteiger partial charge in [-0.3, -0.25) is 10.1 Å². The average molecular weight is 239 g/mol. The van der Waals surface area contributed by atoms with Gasteiger partial charge in [0, 0.05) is 18.7 Å². The molecule has 1 heterocycles. The van der Waals surface area contributed by atoms with Gasteiger partial charge in [0.25, 0.3) is 0 Å². The van der Waals surface area contributed by atoms with E-state index < -0.39 is 4.92 Å². The van der Waals surface area contributed by atoms with Crippen molar-refractivity contribution >= 4 is 17.3 Å². The number of anilines is 2. The van der Waals surface area contributed by atoms with Gasteiger partial charge >= 0.3 is 5.69 Å². The van der Waals surface area contributed by atoms with E-state index in [0.29, 0.717) is 18.4 Å². The molecule has 1 rings (SSSR count). The maximum atomic E-state index is 10.5. The van der Waals surface area contributed by atoms with Gasteiger partial charge in [-0.1, -0.05) is 0 Å². The van der Waals surface area contributed by atoms with Crippen LogP contribution in [0.4, 0.5) is 17.3 Å². The highest BCUT2D eigenvalue weighted by atomic mass is 16.6. The van der Waals surface area contributed by atoms with Gasteiger partial charge in [-0.15, -0.1) is 0 Å². The van der Waals surface area contributed by atoms with Crippen LogP contribution in [0.1, 0.15) is 6.92 Å². The van der Waals surface area contributed by atoms with Crippen molar-refractivity contribution in [1.82, 2.24) is 9.88 Å². The molecule has 0 saturated carbocycles. The van der Waals surface area contributed by atoms with E-state index in [0.717, 1.165) is 0 Å². The second kappa shape index (κ2) is 5.44. The number of aromatic nitrogens is 1. The summed E-state index contributed by atoms with van der Waals surface area (Å²) < 4.78 is 0. The summed E-state index contributed by atoms with van der Waals surface area (Å²) in [7, 11) is 3.95. The van der Waals surface area contributed by atoms with Crippen LogP contribution in [0.15, 0.2) is 12.1 Å². The molecule has 0 aliphatic heterocycles. The molecular weight excluding hydrogens is 222 g/mol. The Morgan fingerprint density at radius 1 is 1.59 bits per heavy atom. The summed E-state index contributed by atoms with van der Waals surface area (Å²) in [5.74, 6) is 0.472. The van der Waals surface area contributed by atoms with E-state index in [1.54, 1.807) is 6.07 Å². The number of nitrogen functional groups attached to an aromatic ring is 1. The number of hydrogen-bond acceptors (Lipinski definition) is 6. The van der Waals surface area contributed by atoms with Crippen molar-refractivity contribution in [1.29, 1.82) is 0 Å². The zero-order valence-corrected chi connectivity index (χ0v) is 10.2. The molecule has 0 aliphatic carbocycles. The van der Waals surface area contributed by atoms with Crippen molar-refractivity contribution in [2.75, 3.05) is 31.7 Å². The van der Waals surface area contributed by atoms with E-state index >= 15 is 0 Å². The van der Waals surface area contributed by atoms with Crippen LogP contribution < -0.4 is 11.1 Å². The fourth-order valence-corrected chi connectivity index (χ4v) is 1.16. The van der Waals surface area contributed by atoms with Gasteiger partial charge in [0.05, 0.1) is 4.92 Å². The maximum Gasteiger partial charge on any atom is 0.311 e. The predicted molar refractivity (Wildman–Crippen MR) is 66.9 cm³/mol. The van der Waals surface area contributed by atoms with Crippen LogP contribution in [0.5, 0.6) is 0 Å². The Balaban J connectivity index is 2.68. The molecule has 0 amide bonds. The number of nitrogens with two attached hydrogens (primary N) is 1. The molecule has 1 aromatic rings. The minimum Gasteiger partial charge on any atom is -0.378 e. The summed E-state index contributed by atoms with van der Waals surface area (Å²) in [5.41, 5.74) is 5.32. The van der Waals surface area contributed by atoms with E-state index in [4.69, 9.17) is 5.73 Å². The van der Waals surface area contributed by atoms with Crippen molar-refractivity contribution in [2.24, 2.45) is 0 Å². The molecule has 7 nitrogen and oxygen atoms in total. The molecule has 1 unspecified atom stereocenters. The highest BCUT2D eigenvalue weighted by Gasteiger charge is 2.13. The minimum absolute atomic E-state index is 0.0718. The lowest BCUT2D eigenvalue weighted by molar-refractivity contribution is -0.384. The van der Waals surface area contributed by atoms with Gasteiger partial charge < -0.3 is 16.0 Å². The lowest BCUT2D eigenvalue weighted by Gasteiger charge is -2.20. The molecule has 1 atom stereocenters. The summed E-state index contributed by atoms with van der Waals surface area (Å²) >= 11 is 0. The Morgan fingerprint density at radius 2 is 2.24 bits per heavy atom. The normalized spacial score (nSPS) is 12.5. The second-order valence-electron chi connectivity index (χ2n) is 4.05. The largest absolute Gasteiger partial charge is 0.378 e. The highest BCUT2D eigenvalue weighted by Crippen LogP contribution is 2.20. The first-order valence-electron chi connectivity index (χ1n) is 5.23. The molecule has 0 aliphatic rings. The number of rotatable bonds is 5. The smallest absolute Gasteiger partial charge is 0.311 e. The number of nitrogens with zero attached hydrogens (tertiary/aromatic N) is 3. The van der Waals surface area contributed by atoms with Gasteiger partial charge in [-0.25, -0.2) is 4.98 Å². The van der Waals surface area contributed by atoms with Crippen molar-refractivity contribution in [3.05, 3.63) is 22.2 Å². The first-order chi connectivity index (χ1) is 7.91. The molecule has 0 radical (unpaired) electrons. The number of pyridine rings is 1. The molecule has 7 heteroatoms. The van der Waals surface area contributed by atoms with Gasteiger partial charge in [0.2, 0.25) is 5.82 Å². The third-order valence-electron chi connectivity index (χ3n) is 2.56. The Hall–Kier alpha value is -1.89. The summed E-state index contributed by atoms with van der Waals surface area (Å²) in [6.07, 6.45) is 0. The number of likely N-dealkylation sites (N-methyl/N-ethyl adjacent to an activating group) is 1. The average Bonchev–Trinajstić information content (AvgIpc) is 2.25. The molecule has 3 N–H and O–H groups in total. The monoisotopic (exact) mass is 239 g/mol. The first-order valence-corrected chi connectivity index (χ1v) is 5.23. The topological polar surface area (TPSA) is 97.3 Å². The summed E-state index contributed by atoms with van der Waals surface area (Å²) in [4.78, 5) is 16.0. The fraction of sp³-hybridized carbons (Fsp3) is 0.500. The third kappa shape index (κ3) is 3.56. The lowest BCUT2D eigenvalue weighted by Crippen LogP contribution is -2.31. The number of hydrogen-bond donors (Lipinski definition) is 2. The summed E-state index contributed by atoms with van der Waals surface area (Å²) in [6.45, 7) is 2.75. The predicted octanol–water partition coefficient (Wildman–Crippen LogP) is 0.934. The van der Waals surface area contributed by atoms with Crippen molar-refractivity contribution in [2.45, 2.75) is 13.0 Å². The van der Waals surface area contributed by atoms with Crippen LogP contribution >= 0.6 is 0 Å². The summed E-state index contributed by atoms with van der Waals surface area (Å²) in [6, 6.07) is 3.23. The van der Waals surface area contributed by atoms with Crippen molar-refractivity contribution < 1.29 is 4.92 Å². The van der Waals surface area contributed by atoms with E-state index in [2.05, 4.69) is 22.1 Å². The van der Waals surface area contributed by atoms with Crippen LogP contribution in [-0.2, 0) is 0 Å². The zero-order chi connectivity index (χ0) is 13.0. The van der Waals surface area contributed by atoms with Gasteiger partial charge in [0.1, 0.15) is 5.82 Å². The van der Waals surface area contributed by atoms with Crippen molar-refractivity contribution in [3.8, 4) is 0 Å².